The Hall–Kier alpha value is -2.73. The first-order valence-corrected chi connectivity index (χ1v) is 5.85. The largest absolute Gasteiger partial charge is 0.294 e. The predicted molar refractivity (Wildman–Crippen MR) is 65.1 cm³/mol. The predicted octanol–water partition coefficient (Wildman–Crippen LogP) is 1.02. The summed E-state index contributed by atoms with van der Waals surface area (Å²) in [5.74, 6) is -4.91. The van der Waals surface area contributed by atoms with Gasteiger partial charge in [0.15, 0.2) is 0 Å². The highest BCUT2D eigenvalue weighted by Crippen LogP contribution is 2.42. The van der Waals surface area contributed by atoms with Crippen molar-refractivity contribution >= 4 is 11.8 Å². The minimum absolute atomic E-state index is 0.0151. The van der Waals surface area contributed by atoms with E-state index < -0.39 is 34.9 Å². The van der Waals surface area contributed by atoms with Gasteiger partial charge in [-0.3, -0.25) is 14.9 Å². The third-order valence-electron chi connectivity index (χ3n) is 3.68. The number of amides is 2. The van der Waals surface area contributed by atoms with E-state index in [-0.39, 0.29) is 5.56 Å². The SMILES string of the molecule is CC1(c2ccccc2F)C(C#N)C(=O)NC(=O)C1C#N. The smallest absolute Gasteiger partial charge is 0.244 e. The number of carbonyl (C=O) groups is 2. The zero-order chi connectivity index (χ0) is 14.9. The van der Waals surface area contributed by atoms with Gasteiger partial charge in [0.25, 0.3) is 0 Å². The standard InChI is InChI=1S/C14H10FN3O2/c1-14(8-4-2-3-5-11(8)15)9(6-16)12(19)18-13(20)10(14)7-17/h2-5,9-10H,1H3,(H,18,19,20). The Bertz CT molecular complexity index is 640. The highest BCUT2D eigenvalue weighted by atomic mass is 19.1. The summed E-state index contributed by atoms with van der Waals surface area (Å²) in [7, 11) is 0. The maximum Gasteiger partial charge on any atom is 0.244 e. The summed E-state index contributed by atoms with van der Waals surface area (Å²) in [4.78, 5) is 23.6. The Kier molecular flexibility index (Phi) is 3.25. The minimum atomic E-state index is -1.52. The molecule has 1 fully saturated rings. The molecule has 0 aromatic heterocycles. The molecule has 0 bridgehead atoms. The van der Waals surface area contributed by atoms with Gasteiger partial charge in [-0.2, -0.15) is 10.5 Å². The van der Waals surface area contributed by atoms with Crippen LogP contribution in [0.1, 0.15) is 12.5 Å². The van der Waals surface area contributed by atoms with E-state index in [1.165, 1.54) is 31.2 Å². The molecule has 2 rings (SSSR count). The number of piperidine rings is 1. The molecule has 2 unspecified atom stereocenters. The Morgan fingerprint density at radius 2 is 1.65 bits per heavy atom. The Balaban J connectivity index is 2.72. The van der Waals surface area contributed by atoms with Crippen LogP contribution in [0, 0.1) is 40.3 Å². The number of halogens is 1. The number of rotatable bonds is 1. The number of hydrogen-bond donors (Lipinski definition) is 1. The first-order chi connectivity index (χ1) is 9.46. The molecule has 0 saturated carbocycles. The van der Waals surface area contributed by atoms with Crippen LogP contribution >= 0.6 is 0 Å². The molecule has 0 aliphatic carbocycles. The molecule has 1 aromatic carbocycles. The van der Waals surface area contributed by atoms with E-state index in [2.05, 4.69) is 0 Å². The summed E-state index contributed by atoms with van der Waals surface area (Å²) >= 11 is 0. The molecule has 6 heteroatoms. The molecule has 0 radical (unpaired) electrons. The molecule has 20 heavy (non-hydrogen) atoms. The number of benzene rings is 1. The maximum atomic E-state index is 14.0. The van der Waals surface area contributed by atoms with Crippen molar-refractivity contribution in [2.24, 2.45) is 11.8 Å². The number of carbonyl (C=O) groups excluding carboxylic acids is 2. The normalized spacial score (nSPS) is 29.2. The van der Waals surface area contributed by atoms with Gasteiger partial charge in [-0.05, 0) is 11.6 Å². The van der Waals surface area contributed by atoms with Crippen molar-refractivity contribution in [2.75, 3.05) is 0 Å². The van der Waals surface area contributed by atoms with Crippen molar-refractivity contribution in [1.29, 1.82) is 10.5 Å². The molecule has 1 N–H and O–H groups in total. The summed E-state index contributed by atoms with van der Waals surface area (Å²) in [6, 6.07) is 9.08. The lowest BCUT2D eigenvalue weighted by atomic mass is 9.62. The van der Waals surface area contributed by atoms with Gasteiger partial charge in [0.05, 0.1) is 12.1 Å². The summed E-state index contributed by atoms with van der Waals surface area (Å²) < 4.78 is 14.0. The van der Waals surface area contributed by atoms with Gasteiger partial charge in [0.1, 0.15) is 17.7 Å². The van der Waals surface area contributed by atoms with Gasteiger partial charge >= 0.3 is 0 Å². The average molecular weight is 271 g/mol. The van der Waals surface area contributed by atoms with Crippen LogP contribution in [0.2, 0.25) is 0 Å². The van der Waals surface area contributed by atoms with Crippen LogP contribution in [0.4, 0.5) is 4.39 Å². The summed E-state index contributed by atoms with van der Waals surface area (Å²) in [6.07, 6.45) is 0. The second-order valence-corrected chi connectivity index (χ2v) is 4.74. The minimum Gasteiger partial charge on any atom is -0.294 e. The van der Waals surface area contributed by atoms with E-state index in [1.807, 2.05) is 5.32 Å². The van der Waals surface area contributed by atoms with Crippen LogP contribution < -0.4 is 5.32 Å². The summed E-state index contributed by atoms with van der Waals surface area (Å²) in [5, 5.41) is 20.4. The molecule has 2 amide bonds. The van der Waals surface area contributed by atoms with E-state index in [9.17, 15) is 24.5 Å². The van der Waals surface area contributed by atoms with Crippen molar-refractivity contribution in [3.8, 4) is 12.1 Å². The van der Waals surface area contributed by atoms with E-state index in [1.54, 1.807) is 12.1 Å². The van der Waals surface area contributed by atoms with E-state index in [4.69, 9.17) is 0 Å². The third kappa shape index (κ3) is 1.74. The molecule has 100 valence electrons. The topological polar surface area (TPSA) is 93.8 Å². The second kappa shape index (κ2) is 4.75. The molecule has 1 aliphatic heterocycles. The molecule has 1 aliphatic rings. The molecule has 5 nitrogen and oxygen atoms in total. The number of hydrogen-bond acceptors (Lipinski definition) is 4. The zero-order valence-electron chi connectivity index (χ0n) is 10.6. The Morgan fingerprint density at radius 1 is 1.15 bits per heavy atom. The molecule has 1 heterocycles. The first-order valence-electron chi connectivity index (χ1n) is 5.85. The third-order valence-corrected chi connectivity index (χ3v) is 3.68. The van der Waals surface area contributed by atoms with Gasteiger partial charge in [-0.1, -0.05) is 25.1 Å². The number of imide groups is 1. The summed E-state index contributed by atoms with van der Waals surface area (Å²) in [6.45, 7) is 1.39. The molecule has 1 saturated heterocycles. The van der Waals surface area contributed by atoms with Crippen molar-refractivity contribution in [1.82, 2.24) is 5.32 Å². The van der Waals surface area contributed by atoms with Crippen molar-refractivity contribution in [2.45, 2.75) is 12.3 Å². The van der Waals surface area contributed by atoms with Crippen LogP contribution in [0.25, 0.3) is 0 Å². The van der Waals surface area contributed by atoms with Crippen molar-refractivity contribution < 1.29 is 14.0 Å². The second-order valence-electron chi connectivity index (χ2n) is 4.74. The van der Waals surface area contributed by atoms with Crippen molar-refractivity contribution in [3.05, 3.63) is 35.6 Å². The lowest BCUT2D eigenvalue weighted by Crippen LogP contribution is -2.58. The van der Waals surface area contributed by atoms with Gasteiger partial charge in [0, 0.05) is 5.41 Å². The van der Waals surface area contributed by atoms with Crippen LogP contribution in [0.3, 0.4) is 0 Å². The average Bonchev–Trinajstić information content (AvgIpc) is 2.39. The lowest BCUT2D eigenvalue weighted by molar-refractivity contribution is -0.140. The fourth-order valence-corrected chi connectivity index (χ4v) is 2.57. The molecule has 1 aromatic rings. The zero-order valence-corrected chi connectivity index (χ0v) is 10.6. The molecular weight excluding hydrogens is 261 g/mol. The van der Waals surface area contributed by atoms with Gasteiger partial charge in [-0.25, -0.2) is 4.39 Å². The Labute approximate surface area is 114 Å². The van der Waals surface area contributed by atoms with Crippen LogP contribution in [-0.2, 0) is 15.0 Å². The summed E-state index contributed by atoms with van der Waals surface area (Å²) in [5.41, 5.74) is -1.50. The van der Waals surface area contributed by atoms with Gasteiger partial charge in [-0.15, -0.1) is 0 Å². The van der Waals surface area contributed by atoms with E-state index in [0.717, 1.165) is 0 Å². The lowest BCUT2D eigenvalue weighted by Gasteiger charge is -2.40. The number of nitrogens with zero attached hydrogens (tertiary/aromatic N) is 2. The van der Waals surface area contributed by atoms with Crippen LogP contribution in [0.15, 0.2) is 24.3 Å². The molecule has 2 atom stereocenters. The molecule has 0 spiro atoms. The fourth-order valence-electron chi connectivity index (χ4n) is 2.57. The van der Waals surface area contributed by atoms with Crippen LogP contribution in [0.5, 0.6) is 0 Å². The van der Waals surface area contributed by atoms with Gasteiger partial charge < -0.3 is 0 Å². The number of nitriles is 2. The quantitative estimate of drug-likeness (QED) is 0.771. The van der Waals surface area contributed by atoms with Crippen molar-refractivity contribution in [3.63, 3.8) is 0 Å². The van der Waals surface area contributed by atoms with Gasteiger partial charge in [0.2, 0.25) is 11.8 Å². The van der Waals surface area contributed by atoms with Crippen LogP contribution in [-0.4, -0.2) is 11.8 Å². The molecular formula is C14H10FN3O2. The highest BCUT2D eigenvalue weighted by molar-refractivity contribution is 6.04. The Morgan fingerprint density at radius 3 is 2.10 bits per heavy atom. The first kappa shape index (κ1) is 13.7. The van der Waals surface area contributed by atoms with E-state index in [0.29, 0.717) is 0 Å². The number of nitrogens with one attached hydrogen (secondary N) is 1. The fraction of sp³-hybridized carbons (Fsp3) is 0.286. The maximum absolute atomic E-state index is 14.0. The monoisotopic (exact) mass is 271 g/mol. The van der Waals surface area contributed by atoms with E-state index >= 15 is 0 Å². The highest BCUT2D eigenvalue weighted by Gasteiger charge is 2.55.